The van der Waals surface area contributed by atoms with Gasteiger partial charge in [-0.1, -0.05) is 126 Å². The minimum absolute atomic E-state index is 0.142. The van der Waals surface area contributed by atoms with Gasteiger partial charge in [-0.2, -0.15) is 0 Å². The number of rotatable bonds is 13. The van der Waals surface area contributed by atoms with Crippen molar-refractivity contribution in [1.29, 1.82) is 0 Å². The molecule has 0 atom stereocenters. The normalized spacial score (nSPS) is 13.6. The predicted octanol–water partition coefficient (Wildman–Crippen LogP) is 10.0. The van der Waals surface area contributed by atoms with Crippen LogP contribution in [0.25, 0.3) is 43.1 Å². The molecule has 200 valence electrons. The van der Waals surface area contributed by atoms with E-state index in [-0.39, 0.29) is 11.8 Å². The Labute approximate surface area is 231 Å². The summed E-state index contributed by atoms with van der Waals surface area (Å²) in [6.45, 7) is 2.77. The molecule has 2 amide bonds. The zero-order chi connectivity index (χ0) is 26.8. The maximum absolute atomic E-state index is 13.6. The molecule has 0 saturated heterocycles. The van der Waals surface area contributed by atoms with Crippen molar-refractivity contribution in [3.8, 4) is 0 Å². The van der Waals surface area contributed by atoms with E-state index in [0.717, 1.165) is 34.4 Å². The van der Waals surface area contributed by atoms with Gasteiger partial charge in [-0.25, -0.2) is 0 Å². The van der Waals surface area contributed by atoms with E-state index in [9.17, 15) is 9.59 Å². The van der Waals surface area contributed by atoms with Gasteiger partial charge in [0, 0.05) is 23.1 Å². The highest BCUT2D eigenvalue weighted by atomic mass is 16.2. The first-order chi connectivity index (χ1) is 19.2. The number of hydrogen-bond donors (Lipinski definition) is 0. The second-order valence-corrected chi connectivity index (χ2v) is 11.4. The Morgan fingerprint density at radius 3 is 1.46 bits per heavy atom. The minimum Gasteiger partial charge on any atom is -0.274 e. The molecule has 3 nitrogen and oxygen atoms in total. The van der Waals surface area contributed by atoms with E-state index in [1.165, 1.54) is 90.7 Å². The van der Waals surface area contributed by atoms with Crippen LogP contribution in [-0.2, 0) is 0 Å². The van der Waals surface area contributed by atoms with Crippen LogP contribution in [0.4, 0.5) is 0 Å². The lowest BCUT2D eigenvalue weighted by Crippen LogP contribution is -2.40. The molecule has 6 rings (SSSR count). The summed E-state index contributed by atoms with van der Waals surface area (Å²) in [4.78, 5) is 28.7. The van der Waals surface area contributed by atoms with Crippen LogP contribution in [0.2, 0.25) is 0 Å². The largest absolute Gasteiger partial charge is 0.274 e. The van der Waals surface area contributed by atoms with Gasteiger partial charge in [-0.3, -0.25) is 14.5 Å². The molecule has 0 unspecified atom stereocenters. The van der Waals surface area contributed by atoms with E-state index >= 15 is 0 Å². The van der Waals surface area contributed by atoms with Crippen LogP contribution in [0, 0.1) is 0 Å². The van der Waals surface area contributed by atoms with Gasteiger partial charge in [-0.05, 0) is 56.3 Å². The third-order valence-corrected chi connectivity index (χ3v) is 8.83. The van der Waals surface area contributed by atoms with Crippen molar-refractivity contribution in [3.63, 3.8) is 0 Å². The molecule has 0 aromatic heterocycles. The van der Waals surface area contributed by atoms with Crippen molar-refractivity contribution in [2.24, 2.45) is 0 Å². The zero-order valence-corrected chi connectivity index (χ0v) is 23.2. The molecule has 5 aromatic rings. The van der Waals surface area contributed by atoms with Crippen LogP contribution >= 0.6 is 0 Å². The number of unbranched alkanes of at least 4 members (excludes halogenated alkanes) is 11. The van der Waals surface area contributed by atoms with Gasteiger partial charge in [-0.15, -0.1) is 0 Å². The van der Waals surface area contributed by atoms with Gasteiger partial charge in [0.1, 0.15) is 0 Å². The Bertz CT molecular complexity index is 1550. The molecule has 0 aliphatic carbocycles. The minimum atomic E-state index is -0.142. The number of carbonyl (C=O) groups excluding carboxylic acids is 2. The summed E-state index contributed by atoms with van der Waals surface area (Å²) in [7, 11) is 0. The highest BCUT2D eigenvalue weighted by Gasteiger charge is 2.33. The number of carbonyl (C=O) groups is 2. The summed E-state index contributed by atoms with van der Waals surface area (Å²) < 4.78 is 0. The number of fused-ring (bicyclic) bond motifs is 2. The van der Waals surface area contributed by atoms with Gasteiger partial charge in [0.25, 0.3) is 11.8 Å². The Hall–Kier alpha value is -3.46. The number of hydrogen-bond acceptors (Lipinski definition) is 2. The maximum atomic E-state index is 13.6. The van der Waals surface area contributed by atoms with E-state index in [2.05, 4.69) is 55.5 Å². The van der Waals surface area contributed by atoms with Crippen molar-refractivity contribution in [1.82, 2.24) is 4.90 Å². The van der Waals surface area contributed by atoms with Crippen LogP contribution in [0.3, 0.4) is 0 Å². The molecule has 5 aromatic carbocycles. The van der Waals surface area contributed by atoms with E-state index < -0.39 is 0 Å². The zero-order valence-electron chi connectivity index (χ0n) is 23.2. The summed E-state index contributed by atoms with van der Waals surface area (Å²) in [6.07, 6.45) is 15.2. The van der Waals surface area contributed by atoms with Crippen molar-refractivity contribution < 1.29 is 9.59 Å². The molecule has 0 fully saturated rings. The average molecular weight is 518 g/mol. The molecule has 0 spiro atoms. The first kappa shape index (κ1) is 25.8. The molecular weight excluding hydrogens is 478 g/mol. The third kappa shape index (κ3) is 4.67. The van der Waals surface area contributed by atoms with Gasteiger partial charge in [0.15, 0.2) is 0 Å². The standard InChI is InChI=1S/C36H39NO2/c1-2-3-4-5-6-7-8-9-10-11-12-13-24-37-35(38)30-22-20-28-26-18-14-16-25-17-15-19-27(32(25)26)29-21-23-31(36(37)39)34(30)33(28)29/h14-23H,2-13,24H2,1H3. The number of imide groups is 1. The van der Waals surface area contributed by atoms with E-state index in [4.69, 9.17) is 0 Å². The van der Waals surface area contributed by atoms with Crippen molar-refractivity contribution in [2.75, 3.05) is 6.54 Å². The summed E-state index contributed by atoms with van der Waals surface area (Å²) >= 11 is 0. The highest BCUT2D eigenvalue weighted by molar-refractivity contribution is 6.38. The van der Waals surface area contributed by atoms with E-state index in [1.54, 1.807) is 0 Å². The Kier molecular flexibility index (Phi) is 7.50. The molecule has 0 bridgehead atoms. The van der Waals surface area contributed by atoms with Crippen LogP contribution in [0.15, 0.2) is 60.7 Å². The van der Waals surface area contributed by atoms with Crippen molar-refractivity contribution in [3.05, 3.63) is 71.8 Å². The SMILES string of the molecule is CCCCCCCCCCCCCCN1C(=O)c2ccc3c4cccc5cccc(c6ccc(c2c36)C1=O)c54. The van der Waals surface area contributed by atoms with Crippen molar-refractivity contribution >= 4 is 54.9 Å². The second kappa shape index (κ2) is 11.3. The Balaban J connectivity index is 1.15. The lowest BCUT2D eigenvalue weighted by atomic mass is 9.85. The summed E-state index contributed by atoms with van der Waals surface area (Å²) in [5.74, 6) is -0.285. The molecule has 0 saturated carbocycles. The highest BCUT2D eigenvalue weighted by Crippen LogP contribution is 2.43. The van der Waals surface area contributed by atoms with Crippen LogP contribution in [-0.4, -0.2) is 23.3 Å². The van der Waals surface area contributed by atoms with Crippen LogP contribution < -0.4 is 0 Å². The Morgan fingerprint density at radius 2 is 0.949 bits per heavy atom. The van der Waals surface area contributed by atoms with E-state index in [0.29, 0.717) is 17.7 Å². The predicted molar refractivity (Wildman–Crippen MR) is 164 cm³/mol. The molecule has 39 heavy (non-hydrogen) atoms. The summed E-state index contributed by atoms with van der Waals surface area (Å²) in [5.41, 5.74) is 1.33. The van der Waals surface area contributed by atoms with E-state index in [1.807, 2.05) is 12.1 Å². The van der Waals surface area contributed by atoms with Gasteiger partial charge in [0.2, 0.25) is 0 Å². The smallest absolute Gasteiger partial charge is 0.261 e. The van der Waals surface area contributed by atoms with Crippen LogP contribution in [0.1, 0.15) is 105 Å². The lowest BCUT2D eigenvalue weighted by molar-refractivity contribution is 0.0608. The van der Waals surface area contributed by atoms with Crippen molar-refractivity contribution in [2.45, 2.75) is 84.0 Å². The fourth-order valence-corrected chi connectivity index (χ4v) is 6.79. The first-order valence-corrected chi connectivity index (χ1v) is 15.2. The van der Waals surface area contributed by atoms with Gasteiger partial charge in [0.05, 0.1) is 0 Å². The summed E-state index contributed by atoms with van der Waals surface area (Å²) in [5, 5.41) is 8.92. The molecule has 0 N–H and O–H groups in total. The second-order valence-electron chi connectivity index (χ2n) is 11.4. The van der Waals surface area contributed by atoms with Crippen LogP contribution in [0.5, 0.6) is 0 Å². The van der Waals surface area contributed by atoms with Gasteiger partial charge < -0.3 is 0 Å². The molecule has 0 radical (unpaired) electrons. The monoisotopic (exact) mass is 517 g/mol. The molecule has 1 aliphatic heterocycles. The molecule has 1 heterocycles. The maximum Gasteiger partial charge on any atom is 0.261 e. The number of nitrogens with zero attached hydrogens (tertiary/aromatic N) is 1. The quantitative estimate of drug-likeness (QED) is 0.0674. The fraction of sp³-hybridized carbons (Fsp3) is 0.389. The topological polar surface area (TPSA) is 37.4 Å². The first-order valence-electron chi connectivity index (χ1n) is 15.2. The number of benzene rings is 5. The lowest BCUT2D eigenvalue weighted by Gasteiger charge is -2.28. The summed E-state index contributed by atoms with van der Waals surface area (Å²) in [6, 6.07) is 20.9. The molecule has 3 heteroatoms. The third-order valence-electron chi connectivity index (χ3n) is 8.83. The molecular formula is C36H39NO2. The van der Waals surface area contributed by atoms with Gasteiger partial charge >= 0.3 is 0 Å². The number of amides is 2. The Morgan fingerprint density at radius 1 is 0.487 bits per heavy atom. The fourth-order valence-electron chi connectivity index (χ4n) is 6.79. The molecule has 1 aliphatic rings. The average Bonchev–Trinajstić information content (AvgIpc) is 2.96.